The zero-order valence-electron chi connectivity index (χ0n) is 10.2. The molecule has 0 unspecified atom stereocenters. The van der Waals surface area contributed by atoms with Crippen LogP contribution in [0.5, 0.6) is 0 Å². The Labute approximate surface area is 105 Å². The Balaban J connectivity index is 3.80. The summed E-state index contributed by atoms with van der Waals surface area (Å²) in [5.74, 6) is 0. The Morgan fingerprint density at radius 2 is 0.765 bits per heavy atom. The molecule has 0 fully saturated rings. The van der Waals surface area contributed by atoms with E-state index in [4.69, 9.17) is 6.58 Å². The van der Waals surface area contributed by atoms with Crippen molar-refractivity contribution in [1.82, 2.24) is 0 Å². The number of hydrogen-bond acceptors (Lipinski definition) is 0. The Hall–Kier alpha value is -2.08. The molecule has 0 aromatic heterocycles. The van der Waals surface area contributed by atoms with E-state index in [1.54, 1.807) is 6.08 Å². The maximum atomic E-state index is 5.18. The molecule has 0 N–H and O–H groups in total. The molecule has 0 aromatic carbocycles. The highest BCUT2D eigenvalue weighted by molar-refractivity contribution is 5.20. The van der Waals surface area contributed by atoms with Gasteiger partial charge in [-0.2, -0.15) is 0 Å². The first-order valence-electron chi connectivity index (χ1n) is 5.58. The molecule has 0 heteroatoms. The van der Waals surface area contributed by atoms with E-state index in [1.165, 1.54) is 6.08 Å². The highest BCUT2D eigenvalue weighted by Gasteiger charge is 1.63. The van der Waals surface area contributed by atoms with Gasteiger partial charge in [0.2, 0.25) is 0 Å². The molecular weight excluding hydrogens is 204 g/mol. The topological polar surface area (TPSA) is 0 Å². The monoisotopic (exact) mass is 223 g/mol. The molecule has 0 atom stereocenters. The first-order chi connectivity index (χ1) is 8.41. The summed E-state index contributed by atoms with van der Waals surface area (Å²) in [6, 6.07) is 0. The summed E-state index contributed by atoms with van der Waals surface area (Å²) in [4.78, 5) is 0. The van der Waals surface area contributed by atoms with Crippen molar-refractivity contribution in [1.29, 1.82) is 0 Å². The lowest BCUT2D eigenvalue weighted by Gasteiger charge is -1.74. The Morgan fingerprint density at radius 1 is 0.471 bits per heavy atom. The third-order valence-corrected chi connectivity index (χ3v) is 1.64. The minimum atomic E-state index is 1.50. The van der Waals surface area contributed by atoms with E-state index in [9.17, 15) is 0 Å². The lowest BCUT2D eigenvalue weighted by Crippen LogP contribution is -1.53. The van der Waals surface area contributed by atoms with Crippen molar-refractivity contribution in [3.63, 3.8) is 0 Å². The standard InChI is InChI=1S/C17H19/c1-3-5-7-9-11-13-15-17-16-14-12-10-8-6-4-2/h1,3-17H,2H3. The van der Waals surface area contributed by atoms with Crippen LogP contribution in [0.4, 0.5) is 0 Å². The van der Waals surface area contributed by atoms with Crippen LogP contribution in [-0.4, -0.2) is 0 Å². The summed E-state index contributed by atoms with van der Waals surface area (Å²) in [6.45, 7) is 7.17. The van der Waals surface area contributed by atoms with Crippen LogP contribution < -0.4 is 0 Å². The van der Waals surface area contributed by atoms with E-state index in [0.717, 1.165) is 0 Å². The van der Waals surface area contributed by atoms with Crippen LogP contribution in [0, 0.1) is 6.58 Å². The average Bonchev–Trinajstić information content (AvgIpc) is 2.35. The summed E-state index contributed by atoms with van der Waals surface area (Å²) in [7, 11) is 0. The van der Waals surface area contributed by atoms with Gasteiger partial charge in [-0.15, -0.1) is 0 Å². The maximum Gasteiger partial charge on any atom is -0.0467 e. The van der Waals surface area contributed by atoms with Crippen LogP contribution >= 0.6 is 0 Å². The van der Waals surface area contributed by atoms with Crippen molar-refractivity contribution in [2.45, 2.75) is 6.92 Å². The molecule has 0 heterocycles. The molecule has 0 spiro atoms. The minimum Gasteiger partial charge on any atom is -0.0877 e. The van der Waals surface area contributed by atoms with Crippen molar-refractivity contribution in [3.8, 4) is 0 Å². The highest BCUT2D eigenvalue weighted by Crippen LogP contribution is 1.85. The summed E-state index contributed by atoms with van der Waals surface area (Å²) in [5.41, 5.74) is 0. The SMILES string of the molecule is [CH]=CC=CC=CC=CC=CC=CC=CC=CC. The Morgan fingerprint density at radius 3 is 1.06 bits per heavy atom. The predicted octanol–water partition coefficient (Wildman–Crippen LogP) is 4.89. The first-order valence-corrected chi connectivity index (χ1v) is 5.58. The first kappa shape index (κ1) is 14.9. The zero-order valence-corrected chi connectivity index (χ0v) is 10.2. The van der Waals surface area contributed by atoms with Gasteiger partial charge in [-0.25, -0.2) is 0 Å². The largest absolute Gasteiger partial charge is 0.0877 e. The number of rotatable bonds is 7. The molecule has 0 amide bonds. The fourth-order valence-corrected chi connectivity index (χ4v) is 0.881. The lowest BCUT2D eigenvalue weighted by molar-refractivity contribution is 1.73. The van der Waals surface area contributed by atoms with Gasteiger partial charge in [0.05, 0.1) is 0 Å². The van der Waals surface area contributed by atoms with Crippen LogP contribution in [0.2, 0.25) is 0 Å². The van der Waals surface area contributed by atoms with Gasteiger partial charge in [-0.3, -0.25) is 0 Å². The molecule has 17 heavy (non-hydrogen) atoms. The summed E-state index contributed by atoms with van der Waals surface area (Å²) >= 11 is 0. The maximum absolute atomic E-state index is 5.18. The van der Waals surface area contributed by atoms with Crippen LogP contribution in [0.25, 0.3) is 0 Å². The quantitative estimate of drug-likeness (QED) is 0.539. The van der Waals surface area contributed by atoms with E-state index in [2.05, 4.69) is 0 Å². The second kappa shape index (κ2) is 13.9. The molecule has 0 aliphatic heterocycles. The van der Waals surface area contributed by atoms with Crippen LogP contribution in [0.3, 0.4) is 0 Å². The van der Waals surface area contributed by atoms with Crippen molar-refractivity contribution in [3.05, 3.63) is 97.7 Å². The number of allylic oxidation sites excluding steroid dienone is 15. The Kier molecular flexibility index (Phi) is 12.2. The van der Waals surface area contributed by atoms with E-state index >= 15 is 0 Å². The van der Waals surface area contributed by atoms with E-state index in [-0.39, 0.29) is 0 Å². The highest BCUT2D eigenvalue weighted by atomic mass is 13.7. The molecule has 0 aromatic rings. The fourth-order valence-electron chi connectivity index (χ4n) is 0.881. The zero-order chi connectivity index (χ0) is 12.6. The van der Waals surface area contributed by atoms with Gasteiger partial charge in [0.1, 0.15) is 0 Å². The average molecular weight is 223 g/mol. The fraction of sp³-hybridized carbons (Fsp3) is 0.0588. The molecule has 0 aliphatic rings. The van der Waals surface area contributed by atoms with E-state index in [0.29, 0.717) is 0 Å². The lowest BCUT2D eigenvalue weighted by atomic mass is 10.3. The second-order valence-electron chi connectivity index (χ2n) is 3.03. The smallest absolute Gasteiger partial charge is 0.0467 e. The van der Waals surface area contributed by atoms with Gasteiger partial charge in [0.15, 0.2) is 0 Å². The van der Waals surface area contributed by atoms with Gasteiger partial charge in [0, 0.05) is 0 Å². The Bertz CT molecular complexity index is 369. The molecule has 0 saturated carbocycles. The van der Waals surface area contributed by atoms with Gasteiger partial charge in [-0.1, -0.05) is 97.7 Å². The third kappa shape index (κ3) is 13.9. The van der Waals surface area contributed by atoms with Gasteiger partial charge in [-0.05, 0) is 6.92 Å². The van der Waals surface area contributed by atoms with Crippen molar-refractivity contribution < 1.29 is 0 Å². The molecule has 0 aliphatic carbocycles. The summed E-state index contributed by atoms with van der Waals surface area (Å²) in [6.07, 6.45) is 28.8. The van der Waals surface area contributed by atoms with Crippen LogP contribution in [0.15, 0.2) is 91.1 Å². The van der Waals surface area contributed by atoms with Crippen molar-refractivity contribution >= 4 is 0 Å². The third-order valence-electron chi connectivity index (χ3n) is 1.64. The van der Waals surface area contributed by atoms with Gasteiger partial charge >= 0.3 is 0 Å². The van der Waals surface area contributed by atoms with Crippen LogP contribution in [0.1, 0.15) is 6.92 Å². The molecule has 0 saturated heterocycles. The number of hydrogen-bond donors (Lipinski definition) is 0. The normalized spacial score (nSPS) is 13.9. The van der Waals surface area contributed by atoms with E-state index < -0.39 is 0 Å². The van der Waals surface area contributed by atoms with Crippen molar-refractivity contribution in [2.75, 3.05) is 0 Å². The molecule has 0 bridgehead atoms. The minimum absolute atomic E-state index is 1.50. The summed E-state index contributed by atoms with van der Waals surface area (Å²) < 4.78 is 0. The van der Waals surface area contributed by atoms with Crippen LogP contribution in [-0.2, 0) is 0 Å². The molecular formula is C17H19. The molecule has 0 rings (SSSR count). The predicted molar refractivity (Wildman–Crippen MR) is 78.5 cm³/mol. The summed E-state index contributed by atoms with van der Waals surface area (Å²) in [5, 5.41) is 0. The second-order valence-corrected chi connectivity index (χ2v) is 3.03. The van der Waals surface area contributed by atoms with Crippen molar-refractivity contribution in [2.24, 2.45) is 0 Å². The van der Waals surface area contributed by atoms with Gasteiger partial charge < -0.3 is 0 Å². The molecule has 87 valence electrons. The van der Waals surface area contributed by atoms with E-state index in [1.807, 2.05) is 85.9 Å². The molecule has 1 radical (unpaired) electrons. The van der Waals surface area contributed by atoms with Gasteiger partial charge in [0.25, 0.3) is 0 Å². The molecule has 0 nitrogen and oxygen atoms in total.